The van der Waals surface area contributed by atoms with Crippen LogP contribution in [0.15, 0.2) is 30.3 Å². The number of anilines is 3. The molecule has 0 bridgehead atoms. The number of nitrogens with one attached hydrogen (secondary N) is 2. The Morgan fingerprint density at radius 3 is 2.39 bits per heavy atom. The van der Waals surface area contributed by atoms with Crippen LogP contribution in [0.3, 0.4) is 0 Å². The average Bonchev–Trinajstić information content (AvgIpc) is 3.47. The minimum absolute atomic E-state index is 0. The SMILES string of the molecule is C.COc1cc(F)c(NS(=O)(=O)C2(CC(O)CO)CC2)c(Nc2ccc(C)cc2F)c1. The molecule has 0 spiro atoms. The topological polar surface area (TPSA) is 108 Å². The van der Waals surface area contributed by atoms with E-state index >= 15 is 0 Å². The maximum absolute atomic E-state index is 14.8. The van der Waals surface area contributed by atoms with Crippen molar-refractivity contribution in [3.05, 3.63) is 47.5 Å². The van der Waals surface area contributed by atoms with Gasteiger partial charge in [0.15, 0.2) is 5.82 Å². The smallest absolute Gasteiger partial charge is 0.238 e. The van der Waals surface area contributed by atoms with Gasteiger partial charge in [-0.05, 0) is 43.9 Å². The monoisotopic (exact) mass is 458 g/mol. The van der Waals surface area contributed by atoms with Gasteiger partial charge in [0.05, 0.1) is 35.9 Å². The third-order valence-electron chi connectivity index (χ3n) is 5.13. The second-order valence-electron chi connectivity index (χ2n) is 7.47. The third kappa shape index (κ3) is 5.25. The Morgan fingerprint density at radius 1 is 1.16 bits per heavy atom. The fraction of sp³-hybridized carbons (Fsp3) is 0.429. The molecule has 172 valence electrons. The molecule has 1 aliphatic rings. The van der Waals surface area contributed by atoms with Crippen molar-refractivity contribution in [1.29, 1.82) is 0 Å². The van der Waals surface area contributed by atoms with E-state index < -0.39 is 39.1 Å². The normalized spacial score (nSPS) is 15.5. The number of rotatable bonds is 9. The van der Waals surface area contributed by atoms with Gasteiger partial charge >= 0.3 is 0 Å². The maximum Gasteiger partial charge on any atom is 0.238 e. The van der Waals surface area contributed by atoms with E-state index in [0.29, 0.717) is 5.56 Å². The van der Waals surface area contributed by atoms with Gasteiger partial charge in [0, 0.05) is 12.1 Å². The average molecular weight is 459 g/mol. The highest BCUT2D eigenvalue weighted by Gasteiger charge is 2.55. The Kier molecular flexibility index (Phi) is 7.51. The van der Waals surface area contributed by atoms with Crippen molar-refractivity contribution in [3.8, 4) is 5.75 Å². The van der Waals surface area contributed by atoms with Gasteiger partial charge < -0.3 is 20.3 Å². The van der Waals surface area contributed by atoms with Crippen molar-refractivity contribution in [2.45, 2.75) is 44.5 Å². The zero-order chi connectivity index (χ0) is 22.1. The van der Waals surface area contributed by atoms with Gasteiger partial charge in [-0.1, -0.05) is 13.5 Å². The number of hydrogen-bond donors (Lipinski definition) is 4. The molecule has 31 heavy (non-hydrogen) atoms. The second-order valence-corrected chi connectivity index (χ2v) is 9.55. The van der Waals surface area contributed by atoms with Crippen LogP contribution in [0.1, 0.15) is 32.3 Å². The van der Waals surface area contributed by atoms with Crippen LogP contribution in [0.2, 0.25) is 0 Å². The van der Waals surface area contributed by atoms with Gasteiger partial charge in [0.2, 0.25) is 10.0 Å². The first kappa shape index (κ1) is 24.8. The Morgan fingerprint density at radius 2 is 1.84 bits per heavy atom. The summed E-state index contributed by atoms with van der Waals surface area (Å²) in [5.41, 5.74) is 0.302. The molecule has 1 unspecified atom stereocenters. The molecule has 2 aromatic carbocycles. The molecule has 0 aliphatic heterocycles. The van der Waals surface area contributed by atoms with E-state index in [-0.39, 0.29) is 49.5 Å². The number of aryl methyl sites for hydroxylation is 1. The van der Waals surface area contributed by atoms with E-state index in [1.807, 2.05) is 0 Å². The molecule has 1 saturated carbocycles. The first-order valence-corrected chi connectivity index (χ1v) is 10.8. The molecule has 1 fully saturated rings. The van der Waals surface area contributed by atoms with E-state index in [4.69, 9.17) is 9.84 Å². The van der Waals surface area contributed by atoms with Crippen molar-refractivity contribution in [1.82, 2.24) is 0 Å². The number of benzene rings is 2. The summed E-state index contributed by atoms with van der Waals surface area (Å²) in [4.78, 5) is 0. The van der Waals surface area contributed by atoms with Crippen LogP contribution in [0.25, 0.3) is 0 Å². The highest BCUT2D eigenvalue weighted by Crippen LogP contribution is 2.48. The zero-order valence-corrected chi connectivity index (χ0v) is 17.4. The summed E-state index contributed by atoms with van der Waals surface area (Å²) in [6.07, 6.45) is -0.839. The number of halogens is 2. The first-order chi connectivity index (χ1) is 14.1. The third-order valence-corrected chi connectivity index (χ3v) is 7.31. The Balaban J connectivity index is 0.00000341. The predicted octanol–water partition coefficient (Wildman–Crippen LogP) is 3.68. The van der Waals surface area contributed by atoms with Gasteiger partial charge in [-0.2, -0.15) is 0 Å². The summed E-state index contributed by atoms with van der Waals surface area (Å²) in [6, 6.07) is 6.76. The molecule has 7 nitrogen and oxygen atoms in total. The largest absolute Gasteiger partial charge is 0.497 e. The van der Waals surface area contributed by atoms with Crippen molar-refractivity contribution in [2.24, 2.45) is 0 Å². The van der Waals surface area contributed by atoms with Crippen LogP contribution in [-0.4, -0.2) is 43.2 Å². The van der Waals surface area contributed by atoms with Crippen LogP contribution in [0.4, 0.5) is 25.8 Å². The molecule has 0 saturated heterocycles. The quantitative estimate of drug-likeness (QED) is 0.457. The lowest BCUT2D eigenvalue weighted by Gasteiger charge is -2.22. The number of ether oxygens (including phenoxy) is 1. The molecular weight excluding hydrogens is 430 g/mol. The van der Waals surface area contributed by atoms with Gasteiger partial charge in [-0.25, -0.2) is 17.2 Å². The summed E-state index contributed by atoms with van der Waals surface area (Å²) in [5.74, 6) is -1.38. The second kappa shape index (κ2) is 9.37. The predicted molar refractivity (Wildman–Crippen MR) is 116 cm³/mol. The minimum atomic E-state index is -4.12. The number of aliphatic hydroxyl groups excluding tert-OH is 2. The molecule has 2 aromatic rings. The molecule has 0 heterocycles. The number of hydrogen-bond acceptors (Lipinski definition) is 6. The van der Waals surface area contributed by atoms with Gasteiger partial charge in [0.25, 0.3) is 0 Å². The van der Waals surface area contributed by atoms with Crippen LogP contribution >= 0.6 is 0 Å². The zero-order valence-electron chi connectivity index (χ0n) is 16.6. The highest BCUT2D eigenvalue weighted by atomic mass is 32.2. The molecule has 0 radical (unpaired) electrons. The summed E-state index contributed by atoms with van der Waals surface area (Å²) in [5, 5.41) is 21.5. The fourth-order valence-corrected chi connectivity index (χ4v) is 4.97. The number of aliphatic hydroxyl groups is 2. The molecule has 4 N–H and O–H groups in total. The van der Waals surface area contributed by atoms with E-state index in [1.165, 1.54) is 25.3 Å². The van der Waals surface area contributed by atoms with Crippen molar-refractivity contribution in [3.63, 3.8) is 0 Å². The van der Waals surface area contributed by atoms with Gasteiger partial charge in [0.1, 0.15) is 17.3 Å². The Bertz CT molecular complexity index is 1040. The van der Waals surface area contributed by atoms with Crippen LogP contribution in [0, 0.1) is 18.6 Å². The van der Waals surface area contributed by atoms with E-state index in [9.17, 15) is 22.3 Å². The van der Waals surface area contributed by atoms with E-state index in [0.717, 1.165) is 6.07 Å². The Hall–Kier alpha value is -2.43. The Labute approximate surface area is 181 Å². The van der Waals surface area contributed by atoms with Gasteiger partial charge in [-0.15, -0.1) is 0 Å². The lowest BCUT2D eigenvalue weighted by molar-refractivity contribution is 0.0858. The lowest BCUT2D eigenvalue weighted by atomic mass is 10.2. The molecule has 10 heteroatoms. The summed E-state index contributed by atoms with van der Waals surface area (Å²) < 4.78 is 61.0. The molecule has 1 atom stereocenters. The number of sulfonamides is 1. The van der Waals surface area contributed by atoms with E-state index in [1.54, 1.807) is 13.0 Å². The van der Waals surface area contributed by atoms with Crippen molar-refractivity contribution in [2.75, 3.05) is 23.8 Å². The van der Waals surface area contributed by atoms with Gasteiger partial charge in [-0.3, -0.25) is 4.72 Å². The van der Waals surface area contributed by atoms with Crippen LogP contribution in [0.5, 0.6) is 5.75 Å². The standard InChI is InChI=1S/C20H24F2N2O5S.CH4/c1-12-3-4-17(15(21)7-12)23-18-9-14(29-2)8-16(22)19(18)24-30(27,28)20(5-6-20)10-13(26)11-25;/h3-4,7-9,13,23-26H,5-6,10-11H2,1-2H3;1H4. The minimum Gasteiger partial charge on any atom is -0.497 e. The van der Waals surface area contributed by atoms with E-state index in [2.05, 4.69) is 10.0 Å². The molecule has 1 aliphatic carbocycles. The van der Waals surface area contributed by atoms with Crippen molar-refractivity contribution >= 4 is 27.1 Å². The summed E-state index contributed by atoms with van der Waals surface area (Å²) >= 11 is 0. The summed E-state index contributed by atoms with van der Waals surface area (Å²) in [7, 11) is -2.79. The van der Waals surface area contributed by atoms with Crippen LogP contribution in [-0.2, 0) is 10.0 Å². The number of methoxy groups -OCH3 is 1. The lowest BCUT2D eigenvalue weighted by Crippen LogP contribution is -2.34. The highest BCUT2D eigenvalue weighted by molar-refractivity contribution is 7.94. The maximum atomic E-state index is 14.8. The molecule has 3 rings (SSSR count). The first-order valence-electron chi connectivity index (χ1n) is 9.33. The van der Waals surface area contributed by atoms with Crippen LogP contribution < -0.4 is 14.8 Å². The summed E-state index contributed by atoms with van der Waals surface area (Å²) in [6.45, 7) is 1.14. The molecule has 0 aromatic heterocycles. The molecular formula is C21H28F2N2O5S. The molecule has 0 amide bonds. The van der Waals surface area contributed by atoms with Crippen molar-refractivity contribution < 1.29 is 32.1 Å². The fourth-order valence-electron chi connectivity index (χ4n) is 3.23.